The van der Waals surface area contributed by atoms with Gasteiger partial charge in [0, 0.05) is 18.3 Å². The Balaban J connectivity index is 1.78. The summed E-state index contributed by atoms with van der Waals surface area (Å²) in [5.41, 5.74) is 2.35. The minimum absolute atomic E-state index is 0.316. The van der Waals surface area contributed by atoms with E-state index in [0.717, 1.165) is 23.4 Å². The lowest BCUT2D eigenvalue weighted by molar-refractivity contribution is 0.0584. The second kappa shape index (κ2) is 7.32. The Kier molecular flexibility index (Phi) is 5.29. The Hall–Kier alpha value is -1.99. The van der Waals surface area contributed by atoms with Crippen LogP contribution >= 0.6 is 23.4 Å². The number of hydrogen-bond acceptors (Lipinski definition) is 6. The molecular weight excluding hydrogens is 372 g/mol. The van der Waals surface area contributed by atoms with Crippen molar-refractivity contribution in [1.82, 2.24) is 9.97 Å². The van der Waals surface area contributed by atoms with Crippen LogP contribution in [0.15, 0.2) is 29.4 Å². The fourth-order valence-corrected chi connectivity index (χ4v) is 3.30. The normalized spacial score (nSPS) is 13.5. The third-order valence-electron chi connectivity index (χ3n) is 3.72. The predicted octanol–water partition coefficient (Wildman–Crippen LogP) is 4.89. The zero-order valence-electron chi connectivity index (χ0n) is 15.2. The van der Waals surface area contributed by atoms with E-state index in [4.69, 9.17) is 16.3 Å². The minimum Gasteiger partial charge on any atom is -0.443 e. The van der Waals surface area contributed by atoms with Gasteiger partial charge in [0.1, 0.15) is 16.6 Å². The molecule has 1 N–H and O–H groups in total. The highest BCUT2D eigenvalue weighted by Gasteiger charge is 2.29. The lowest BCUT2D eigenvalue weighted by Crippen LogP contribution is -2.35. The molecule has 6 nitrogen and oxygen atoms in total. The number of benzene rings is 1. The molecule has 1 aromatic heterocycles. The fourth-order valence-electron chi connectivity index (χ4n) is 2.69. The smallest absolute Gasteiger partial charge is 0.414 e. The largest absolute Gasteiger partial charge is 0.443 e. The van der Waals surface area contributed by atoms with Crippen LogP contribution in [0.4, 0.5) is 22.0 Å². The van der Waals surface area contributed by atoms with Crippen LogP contribution in [-0.4, -0.2) is 34.5 Å². The van der Waals surface area contributed by atoms with Crippen LogP contribution in [0.1, 0.15) is 26.3 Å². The summed E-state index contributed by atoms with van der Waals surface area (Å²) < 4.78 is 5.48. The van der Waals surface area contributed by atoms with Gasteiger partial charge in [-0.3, -0.25) is 4.90 Å². The van der Waals surface area contributed by atoms with E-state index in [9.17, 15) is 4.79 Å². The summed E-state index contributed by atoms with van der Waals surface area (Å²) in [6.45, 7) is 6.21. The number of carbonyl (C=O) groups is 1. The van der Waals surface area contributed by atoms with Gasteiger partial charge in [0.05, 0.1) is 5.69 Å². The summed E-state index contributed by atoms with van der Waals surface area (Å²) in [5, 5.41) is 4.25. The van der Waals surface area contributed by atoms with Crippen molar-refractivity contribution < 1.29 is 9.53 Å². The van der Waals surface area contributed by atoms with Crippen molar-refractivity contribution in [3.8, 4) is 0 Å². The van der Waals surface area contributed by atoms with Crippen molar-refractivity contribution in [2.45, 2.75) is 37.9 Å². The first-order valence-corrected chi connectivity index (χ1v) is 9.84. The lowest BCUT2D eigenvalue weighted by atomic mass is 10.1. The van der Waals surface area contributed by atoms with E-state index in [1.54, 1.807) is 11.0 Å². The zero-order valence-corrected chi connectivity index (χ0v) is 16.7. The number of nitrogens with one attached hydrogen (secondary N) is 1. The third-order valence-corrected chi connectivity index (χ3v) is 4.46. The molecule has 0 aliphatic carbocycles. The van der Waals surface area contributed by atoms with E-state index in [1.165, 1.54) is 11.8 Å². The average Bonchev–Trinajstić information content (AvgIpc) is 2.96. The molecule has 0 atom stereocenters. The van der Waals surface area contributed by atoms with E-state index in [1.807, 2.05) is 45.2 Å². The molecule has 26 heavy (non-hydrogen) atoms. The highest BCUT2D eigenvalue weighted by Crippen LogP contribution is 2.32. The molecule has 0 unspecified atom stereocenters. The number of carbonyl (C=O) groups excluding carboxylic acids is 1. The number of aromatic nitrogens is 2. The summed E-state index contributed by atoms with van der Waals surface area (Å²) in [4.78, 5) is 22.6. The van der Waals surface area contributed by atoms with Crippen LogP contribution in [0.25, 0.3) is 0 Å². The number of anilines is 3. The van der Waals surface area contributed by atoms with Gasteiger partial charge < -0.3 is 10.1 Å². The van der Waals surface area contributed by atoms with Crippen molar-refractivity contribution in [3.05, 3.63) is 35.0 Å². The van der Waals surface area contributed by atoms with E-state index >= 15 is 0 Å². The maximum Gasteiger partial charge on any atom is 0.414 e. The van der Waals surface area contributed by atoms with Gasteiger partial charge in [-0.1, -0.05) is 23.4 Å². The highest BCUT2D eigenvalue weighted by molar-refractivity contribution is 7.98. The minimum atomic E-state index is -0.511. The second-order valence-electron chi connectivity index (χ2n) is 6.91. The standard InChI is InChI=1S/C18H21ClN4O2S/c1-18(2,3)25-17(24)23-8-7-11-9-12(5-6-13(11)23)20-15-10-14(19)21-16(22-15)26-4/h5-6,9-10H,7-8H2,1-4H3,(H,20,21,22). The molecule has 0 spiro atoms. The number of amides is 1. The Bertz CT molecular complexity index is 838. The van der Waals surface area contributed by atoms with Crippen molar-refractivity contribution in [3.63, 3.8) is 0 Å². The molecule has 1 aliphatic rings. The third kappa shape index (κ3) is 4.40. The second-order valence-corrected chi connectivity index (χ2v) is 8.07. The van der Waals surface area contributed by atoms with E-state index in [2.05, 4.69) is 15.3 Å². The molecule has 0 fully saturated rings. The van der Waals surface area contributed by atoms with Crippen LogP contribution in [0.2, 0.25) is 5.15 Å². The van der Waals surface area contributed by atoms with Crippen LogP contribution in [-0.2, 0) is 11.2 Å². The Morgan fingerprint density at radius 3 is 2.77 bits per heavy atom. The molecule has 2 heterocycles. The number of rotatable bonds is 3. The number of thioether (sulfide) groups is 1. The molecule has 0 saturated heterocycles. The number of fused-ring (bicyclic) bond motifs is 1. The zero-order chi connectivity index (χ0) is 18.9. The maximum absolute atomic E-state index is 12.4. The first-order valence-electron chi connectivity index (χ1n) is 8.24. The molecule has 8 heteroatoms. The lowest BCUT2D eigenvalue weighted by Gasteiger charge is -2.24. The van der Waals surface area contributed by atoms with Crippen LogP contribution in [0.3, 0.4) is 0 Å². The van der Waals surface area contributed by atoms with E-state index < -0.39 is 5.60 Å². The Morgan fingerprint density at radius 1 is 1.31 bits per heavy atom. The molecule has 0 saturated carbocycles. The van der Waals surface area contributed by atoms with Gasteiger partial charge in [-0.2, -0.15) is 0 Å². The first-order chi connectivity index (χ1) is 12.2. The molecular formula is C18H21ClN4O2S. The Labute approximate surface area is 162 Å². The van der Waals surface area contributed by atoms with Gasteiger partial charge in [-0.05, 0) is 57.2 Å². The summed E-state index contributed by atoms with van der Waals surface area (Å²) in [5.74, 6) is 0.635. The maximum atomic E-state index is 12.4. The summed E-state index contributed by atoms with van der Waals surface area (Å²) >= 11 is 7.46. The topological polar surface area (TPSA) is 67.4 Å². The van der Waals surface area contributed by atoms with Gasteiger partial charge in [0.15, 0.2) is 5.16 Å². The molecule has 1 aliphatic heterocycles. The Morgan fingerprint density at radius 2 is 2.08 bits per heavy atom. The van der Waals surface area contributed by atoms with Crippen LogP contribution < -0.4 is 10.2 Å². The van der Waals surface area contributed by atoms with Crippen LogP contribution in [0, 0.1) is 0 Å². The fraction of sp³-hybridized carbons (Fsp3) is 0.389. The van der Waals surface area contributed by atoms with Crippen molar-refractivity contribution in [2.24, 2.45) is 0 Å². The monoisotopic (exact) mass is 392 g/mol. The molecule has 0 bridgehead atoms. The van der Waals surface area contributed by atoms with Gasteiger partial charge in [0.2, 0.25) is 0 Å². The van der Waals surface area contributed by atoms with Crippen LogP contribution in [0.5, 0.6) is 0 Å². The predicted molar refractivity (Wildman–Crippen MR) is 106 cm³/mol. The number of ether oxygens (including phenoxy) is 1. The van der Waals surface area contributed by atoms with Crippen molar-refractivity contribution >= 4 is 46.6 Å². The number of hydrogen-bond donors (Lipinski definition) is 1. The molecule has 3 rings (SSSR count). The SMILES string of the molecule is CSc1nc(Cl)cc(Nc2ccc3c(c2)CCN3C(=O)OC(C)(C)C)n1. The summed E-state index contributed by atoms with van der Waals surface area (Å²) in [7, 11) is 0. The summed E-state index contributed by atoms with van der Waals surface area (Å²) in [6.07, 6.45) is 2.37. The molecule has 1 amide bonds. The van der Waals surface area contributed by atoms with Gasteiger partial charge in [-0.15, -0.1) is 0 Å². The van der Waals surface area contributed by atoms with Gasteiger partial charge >= 0.3 is 6.09 Å². The van der Waals surface area contributed by atoms with E-state index in [-0.39, 0.29) is 6.09 Å². The number of halogens is 1. The molecule has 2 aromatic rings. The first kappa shape index (κ1) is 18.8. The van der Waals surface area contributed by atoms with Gasteiger partial charge in [0.25, 0.3) is 0 Å². The van der Waals surface area contributed by atoms with E-state index in [0.29, 0.717) is 22.7 Å². The molecule has 1 aromatic carbocycles. The van der Waals surface area contributed by atoms with Crippen molar-refractivity contribution in [1.29, 1.82) is 0 Å². The number of nitrogens with zero attached hydrogens (tertiary/aromatic N) is 3. The van der Waals surface area contributed by atoms with Crippen molar-refractivity contribution in [2.75, 3.05) is 23.0 Å². The highest BCUT2D eigenvalue weighted by atomic mass is 35.5. The van der Waals surface area contributed by atoms with Gasteiger partial charge in [-0.25, -0.2) is 14.8 Å². The molecule has 0 radical (unpaired) electrons. The summed E-state index contributed by atoms with van der Waals surface area (Å²) in [6, 6.07) is 7.54. The quantitative estimate of drug-likeness (QED) is 0.455. The molecule has 138 valence electrons. The average molecular weight is 393 g/mol.